The highest BCUT2D eigenvalue weighted by Crippen LogP contribution is 2.32. The summed E-state index contributed by atoms with van der Waals surface area (Å²) in [4.78, 5) is 14.7. The van der Waals surface area contributed by atoms with E-state index in [-0.39, 0.29) is 6.54 Å². The highest BCUT2D eigenvalue weighted by molar-refractivity contribution is 6.30. The van der Waals surface area contributed by atoms with Crippen molar-refractivity contribution in [3.8, 4) is 0 Å². The Kier molecular flexibility index (Phi) is 4.58. The lowest BCUT2D eigenvalue weighted by Gasteiger charge is -2.48. The number of anilines is 1. The van der Waals surface area contributed by atoms with Crippen molar-refractivity contribution in [2.24, 2.45) is 0 Å². The highest BCUT2D eigenvalue weighted by Gasteiger charge is 2.48. The molecule has 1 aliphatic heterocycles. The van der Waals surface area contributed by atoms with E-state index in [1.807, 2.05) is 4.90 Å². The lowest BCUT2D eigenvalue weighted by atomic mass is 10.1. The van der Waals surface area contributed by atoms with Crippen molar-refractivity contribution in [1.29, 1.82) is 0 Å². The van der Waals surface area contributed by atoms with Crippen molar-refractivity contribution >= 4 is 23.3 Å². The molecule has 8 heteroatoms. The maximum absolute atomic E-state index is 12.5. The molecular formula is C14H16ClF3N2O2. The Balaban J connectivity index is 2.32. The first-order valence-electron chi connectivity index (χ1n) is 6.64. The minimum absolute atomic E-state index is 0.154. The predicted octanol–water partition coefficient (Wildman–Crippen LogP) is 2.91. The van der Waals surface area contributed by atoms with Crippen molar-refractivity contribution < 1.29 is 22.7 Å². The maximum atomic E-state index is 12.5. The molecule has 0 saturated carbocycles. The Hall–Kier alpha value is -1.47. The minimum atomic E-state index is -5.03. The molecule has 0 radical (unpaired) electrons. The van der Waals surface area contributed by atoms with Crippen LogP contribution in [0.3, 0.4) is 0 Å². The van der Waals surface area contributed by atoms with Crippen molar-refractivity contribution in [2.45, 2.75) is 18.8 Å². The van der Waals surface area contributed by atoms with Gasteiger partial charge in [-0.25, -0.2) is 4.79 Å². The molecule has 0 unspecified atom stereocenters. The number of benzene rings is 1. The van der Waals surface area contributed by atoms with E-state index in [4.69, 9.17) is 16.3 Å². The fraction of sp³-hybridized carbons (Fsp3) is 0.500. The number of halogens is 4. The van der Waals surface area contributed by atoms with Gasteiger partial charge in [-0.15, -0.1) is 0 Å². The smallest absolute Gasteiger partial charge is 0.431 e. The first kappa shape index (κ1) is 16.9. The SMILES string of the molecule is CN1CCN(c2cccc(Cl)c2)[C@](C)(OC(=O)C(F)(F)F)C1. The van der Waals surface area contributed by atoms with E-state index in [2.05, 4.69) is 0 Å². The van der Waals surface area contributed by atoms with Crippen LogP contribution in [0.5, 0.6) is 0 Å². The standard InChI is InChI=1S/C14H16ClF3N2O2/c1-13(22-12(21)14(16,17)18)9-19(2)6-7-20(13)11-5-3-4-10(15)8-11/h3-5,8H,6-7,9H2,1-2H3/t13-/m1/s1. The second-order valence-corrected chi connectivity index (χ2v) is 5.87. The number of esters is 1. The Bertz CT molecular complexity index is 567. The molecule has 0 bridgehead atoms. The maximum Gasteiger partial charge on any atom is 0.491 e. The average Bonchev–Trinajstić information content (AvgIpc) is 2.36. The zero-order chi connectivity index (χ0) is 16.5. The molecule has 0 N–H and O–H groups in total. The zero-order valence-electron chi connectivity index (χ0n) is 12.2. The van der Waals surface area contributed by atoms with Gasteiger partial charge in [-0.1, -0.05) is 17.7 Å². The fourth-order valence-corrected chi connectivity index (χ4v) is 2.75. The van der Waals surface area contributed by atoms with Gasteiger partial charge in [-0.2, -0.15) is 13.2 Å². The van der Waals surface area contributed by atoms with Crippen LogP contribution in [0, 0.1) is 0 Å². The Morgan fingerprint density at radius 1 is 1.36 bits per heavy atom. The van der Waals surface area contributed by atoms with Crippen LogP contribution >= 0.6 is 11.6 Å². The topological polar surface area (TPSA) is 32.8 Å². The van der Waals surface area contributed by atoms with Crippen molar-refractivity contribution in [1.82, 2.24) is 4.90 Å². The normalized spacial score (nSPS) is 23.5. The first-order chi connectivity index (χ1) is 10.1. The third-order valence-electron chi connectivity index (χ3n) is 3.50. The molecular weight excluding hydrogens is 321 g/mol. The summed E-state index contributed by atoms with van der Waals surface area (Å²) in [6.07, 6.45) is -5.03. The molecule has 4 nitrogen and oxygen atoms in total. The second-order valence-electron chi connectivity index (χ2n) is 5.43. The summed E-state index contributed by atoms with van der Waals surface area (Å²) in [5.41, 5.74) is -0.817. The summed E-state index contributed by atoms with van der Waals surface area (Å²) in [6.45, 7) is 2.67. The molecule has 0 spiro atoms. The van der Waals surface area contributed by atoms with E-state index in [0.717, 1.165) is 0 Å². The molecule has 1 atom stereocenters. The van der Waals surface area contributed by atoms with Crippen molar-refractivity contribution in [2.75, 3.05) is 31.6 Å². The van der Waals surface area contributed by atoms with E-state index in [0.29, 0.717) is 23.8 Å². The van der Waals surface area contributed by atoms with E-state index in [1.165, 1.54) is 6.92 Å². The molecule has 1 aromatic carbocycles. The molecule has 1 fully saturated rings. The summed E-state index contributed by atoms with van der Waals surface area (Å²) in [5.74, 6) is -2.20. The van der Waals surface area contributed by atoms with Gasteiger partial charge in [0, 0.05) is 23.8 Å². The lowest BCUT2D eigenvalue weighted by Crippen LogP contribution is -2.63. The van der Waals surface area contributed by atoms with E-state index in [1.54, 1.807) is 36.2 Å². The van der Waals surface area contributed by atoms with E-state index < -0.39 is 17.9 Å². The van der Waals surface area contributed by atoms with Crippen LogP contribution in [-0.2, 0) is 9.53 Å². The monoisotopic (exact) mass is 336 g/mol. The summed E-state index contributed by atoms with van der Waals surface area (Å²) in [6, 6.07) is 6.71. The van der Waals surface area contributed by atoms with Crippen molar-refractivity contribution in [3.05, 3.63) is 29.3 Å². The van der Waals surface area contributed by atoms with E-state index >= 15 is 0 Å². The van der Waals surface area contributed by atoms with Crippen LogP contribution in [0.25, 0.3) is 0 Å². The van der Waals surface area contributed by atoms with E-state index in [9.17, 15) is 18.0 Å². The highest BCUT2D eigenvalue weighted by atomic mass is 35.5. The molecule has 22 heavy (non-hydrogen) atoms. The van der Waals surface area contributed by atoms with Crippen LogP contribution in [0.4, 0.5) is 18.9 Å². The Morgan fingerprint density at radius 3 is 2.64 bits per heavy atom. The van der Waals surface area contributed by atoms with Gasteiger partial charge in [0.05, 0.1) is 6.54 Å². The molecule has 1 heterocycles. The average molecular weight is 337 g/mol. The number of piperazine rings is 1. The Labute approximate surface area is 131 Å². The number of carbonyl (C=O) groups excluding carboxylic acids is 1. The van der Waals surface area contributed by atoms with Gasteiger partial charge in [0.25, 0.3) is 0 Å². The number of hydrogen-bond acceptors (Lipinski definition) is 4. The number of nitrogens with zero attached hydrogens (tertiary/aromatic N) is 2. The summed E-state index contributed by atoms with van der Waals surface area (Å²) in [7, 11) is 1.76. The van der Waals surface area contributed by atoms with Gasteiger partial charge < -0.3 is 9.64 Å². The zero-order valence-corrected chi connectivity index (χ0v) is 12.9. The van der Waals surface area contributed by atoms with Crippen LogP contribution < -0.4 is 4.90 Å². The van der Waals surface area contributed by atoms with Gasteiger partial charge in [-0.3, -0.25) is 4.90 Å². The molecule has 0 aliphatic carbocycles. The minimum Gasteiger partial charge on any atom is -0.431 e. The summed E-state index contributed by atoms with van der Waals surface area (Å²) < 4.78 is 42.4. The lowest BCUT2D eigenvalue weighted by molar-refractivity contribution is -0.215. The first-order valence-corrected chi connectivity index (χ1v) is 7.01. The third kappa shape index (κ3) is 3.64. The number of carbonyl (C=O) groups is 1. The fourth-order valence-electron chi connectivity index (χ4n) is 2.56. The van der Waals surface area contributed by atoms with Crippen LogP contribution in [0.15, 0.2) is 24.3 Å². The Morgan fingerprint density at radius 2 is 2.05 bits per heavy atom. The predicted molar refractivity (Wildman–Crippen MR) is 76.8 cm³/mol. The van der Waals surface area contributed by atoms with Crippen LogP contribution in [0.1, 0.15) is 6.92 Å². The summed E-state index contributed by atoms with van der Waals surface area (Å²) >= 11 is 5.94. The molecule has 2 rings (SSSR count). The number of rotatable bonds is 2. The van der Waals surface area contributed by atoms with Gasteiger partial charge >= 0.3 is 12.1 Å². The largest absolute Gasteiger partial charge is 0.491 e. The third-order valence-corrected chi connectivity index (χ3v) is 3.74. The molecule has 122 valence electrons. The number of likely N-dealkylation sites (N-methyl/N-ethyl adjacent to an activating group) is 1. The van der Waals surface area contributed by atoms with Gasteiger partial charge in [0.15, 0.2) is 5.72 Å². The van der Waals surface area contributed by atoms with Crippen LogP contribution in [0.2, 0.25) is 5.02 Å². The molecule has 1 aromatic rings. The van der Waals surface area contributed by atoms with Gasteiger partial charge in [0.2, 0.25) is 0 Å². The molecule has 0 aromatic heterocycles. The van der Waals surface area contributed by atoms with Crippen molar-refractivity contribution in [3.63, 3.8) is 0 Å². The number of alkyl halides is 3. The number of hydrogen-bond donors (Lipinski definition) is 0. The number of ether oxygens (including phenoxy) is 1. The van der Waals surface area contributed by atoms with Gasteiger partial charge in [0.1, 0.15) is 0 Å². The second kappa shape index (κ2) is 5.96. The quantitative estimate of drug-likeness (QED) is 0.777. The molecule has 1 aliphatic rings. The molecule has 1 saturated heterocycles. The molecule has 0 amide bonds. The van der Waals surface area contributed by atoms with Crippen LogP contribution in [-0.4, -0.2) is 49.5 Å². The summed E-state index contributed by atoms with van der Waals surface area (Å²) in [5, 5.41) is 0.459. The van der Waals surface area contributed by atoms with Gasteiger partial charge in [-0.05, 0) is 32.2 Å².